The van der Waals surface area contributed by atoms with Crippen molar-refractivity contribution in [3.63, 3.8) is 0 Å². The van der Waals surface area contributed by atoms with Crippen LogP contribution < -0.4 is 0 Å². The first kappa shape index (κ1) is 23.2. The van der Waals surface area contributed by atoms with Gasteiger partial charge in [-0.25, -0.2) is 4.79 Å². The summed E-state index contributed by atoms with van der Waals surface area (Å²) < 4.78 is 5.08. The molecule has 0 aromatic carbocycles. The molecule has 0 saturated carbocycles. The lowest BCUT2D eigenvalue weighted by molar-refractivity contribution is -0.137. The third-order valence-corrected chi connectivity index (χ3v) is 4.54. The number of rotatable bonds is 18. The highest BCUT2D eigenvalue weighted by molar-refractivity contribution is 5.81. The summed E-state index contributed by atoms with van der Waals surface area (Å²) in [6, 6.07) is 0. The van der Waals surface area contributed by atoms with Crippen molar-refractivity contribution in [2.45, 2.75) is 117 Å². The maximum Gasteiger partial charge on any atom is 0.330 e. The van der Waals surface area contributed by atoms with E-state index in [-0.39, 0.29) is 5.97 Å². The quantitative estimate of drug-likeness (QED) is 0.148. The molecule has 0 radical (unpaired) electrons. The maximum atomic E-state index is 11.1. The van der Waals surface area contributed by atoms with Crippen LogP contribution in [-0.4, -0.2) is 12.6 Å². The Kier molecular flexibility index (Phi) is 19.6. The molecule has 0 bridgehead atoms. The molecule has 142 valence electrons. The fourth-order valence-electron chi connectivity index (χ4n) is 3.01. The SMILES string of the molecule is CC=CC(=O)OCCCCCCCCCCCCCCCCCC. The Morgan fingerprint density at radius 1 is 0.667 bits per heavy atom. The van der Waals surface area contributed by atoms with E-state index in [2.05, 4.69) is 6.92 Å². The van der Waals surface area contributed by atoms with Gasteiger partial charge in [0.15, 0.2) is 0 Å². The van der Waals surface area contributed by atoms with Crippen LogP contribution in [0.15, 0.2) is 12.2 Å². The smallest absolute Gasteiger partial charge is 0.330 e. The van der Waals surface area contributed by atoms with Gasteiger partial charge in [0.1, 0.15) is 0 Å². The molecule has 2 heteroatoms. The molecular weight excluding hydrogens is 296 g/mol. The zero-order valence-electron chi connectivity index (χ0n) is 16.5. The second kappa shape index (κ2) is 20.3. The highest BCUT2D eigenvalue weighted by atomic mass is 16.5. The van der Waals surface area contributed by atoms with E-state index in [9.17, 15) is 4.79 Å². The van der Waals surface area contributed by atoms with E-state index in [1.807, 2.05) is 6.92 Å². The van der Waals surface area contributed by atoms with Crippen LogP contribution in [0, 0.1) is 0 Å². The van der Waals surface area contributed by atoms with Crippen molar-refractivity contribution >= 4 is 5.97 Å². The van der Waals surface area contributed by atoms with Crippen LogP contribution in [0.3, 0.4) is 0 Å². The molecule has 0 aromatic rings. The van der Waals surface area contributed by atoms with Crippen molar-refractivity contribution in [2.75, 3.05) is 6.61 Å². The summed E-state index contributed by atoms with van der Waals surface area (Å²) in [5, 5.41) is 0. The fourth-order valence-corrected chi connectivity index (χ4v) is 3.01. The highest BCUT2D eigenvalue weighted by Gasteiger charge is 1.97. The molecule has 24 heavy (non-hydrogen) atoms. The monoisotopic (exact) mass is 338 g/mol. The Morgan fingerprint density at radius 2 is 1.04 bits per heavy atom. The summed E-state index contributed by atoms with van der Waals surface area (Å²) in [7, 11) is 0. The molecule has 0 rings (SSSR count). The molecule has 0 aliphatic rings. The van der Waals surface area contributed by atoms with Crippen LogP contribution >= 0.6 is 0 Å². The summed E-state index contributed by atoms with van der Waals surface area (Å²) in [5.74, 6) is -0.210. The van der Waals surface area contributed by atoms with Crippen LogP contribution in [0.1, 0.15) is 117 Å². The van der Waals surface area contributed by atoms with Crippen LogP contribution in [0.2, 0.25) is 0 Å². The molecular formula is C22H42O2. The van der Waals surface area contributed by atoms with Gasteiger partial charge in [0.2, 0.25) is 0 Å². The zero-order valence-corrected chi connectivity index (χ0v) is 16.5. The Labute approximate surface area is 151 Å². The molecule has 0 saturated heterocycles. The van der Waals surface area contributed by atoms with Crippen molar-refractivity contribution in [1.82, 2.24) is 0 Å². The number of allylic oxidation sites excluding steroid dienone is 1. The van der Waals surface area contributed by atoms with Gasteiger partial charge in [0.25, 0.3) is 0 Å². The summed E-state index contributed by atoms with van der Waals surface area (Å²) in [6.07, 6.45) is 25.0. The van der Waals surface area contributed by atoms with E-state index in [0.717, 1.165) is 6.42 Å². The lowest BCUT2D eigenvalue weighted by atomic mass is 10.0. The lowest BCUT2D eigenvalue weighted by Crippen LogP contribution is -2.01. The average Bonchev–Trinajstić information content (AvgIpc) is 2.58. The van der Waals surface area contributed by atoms with Gasteiger partial charge >= 0.3 is 5.97 Å². The van der Waals surface area contributed by atoms with Crippen molar-refractivity contribution in [2.24, 2.45) is 0 Å². The molecule has 0 atom stereocenters. The Balaban J connectivity index is 3.04. The minimum atomic E-state index is -0.210. The molecule has 0 aromatic heterocycles. The Bertz CT molecular complexity index is 284. The van der Waals surface area contributed by atoms with Crippen molar-refractivity contribution in [3.8, 4) is 0 Å². The average molecular weight is 339 g/mol. The predicted molar refractivity (Wildman–Crippen MR) is 105 cm³/mol. The summed E-state index contributed by atoms with van der Waals surface area (Å²) in [4.78, 5) is 11.1. The molecule has 0 aliphatic carbocycles. The predicted octanol–water partition coefficient (Wildman–Crippen LogP) is 7.37. The molecule has 2 nitrogen and oxygen atoms in total. The van der Waals surface area contributed by atoms with Crippen molar-refractivity contribution in [1.29, 1.82) is 0 Å². The number of ether oxygens (including phenoxy) is 1. The first-order valence-corrected chi connectivity index (χ1v) is 10.6. The van der Waals surface area contributed by atoms with E-state index < -0.39 is 0 Å². The standard InChI is InChI=1S/C22H42O2/c1-3-5-6-7-8-9-10-11-12-13-14-15-16-17-18-19-21-24-22(23)20-4-2/h4,20H,3,5-19,21H2,1-2H3. The second-order valence-electron chi connectivity index (χ2n) is 6.97. The van der Waals surface area contributed by atoms with E-state index in [1.54, 1.807) is 6.08 Å². The Morgan fingerprint density at radius 3 is 1.42 bits per heavy atom. The topological polar surface area (TPSA) is 26.3 Å². The second-order valence-corrected chi connectivity index (χ2v) is 6.97. The van der Waals surface area contributed by atoms with Gasteiger partial charge in [-0.1, -0.05) is 109 Å². The highest BCUT2D eigenvalue weighted by Crippen LogP contribution is 2.13. The molecule has 0 spiro atoms. The van der Waals surface area contributed by atoms with Crippen LogP contribution in [0.5, 0.6) is 0 Å². The van der Waals surface area contributed by atoms with E-state index in [0.29, 0.717) is 6.61 Å². The number of unbranched alkanes of at least 4 members (excludes halogenated alkanes) is 15. The number of hydrogen-bond acceptors (Lipinski definition) is 2. The number of carbonyl (C=O) groups excluding carboxylic acids is 1. The van der Waals surface area contributed by atoms with Crippen molar-refractivity contribution in [3.05, 3.63) is 12.2 Å². The number of carbonyl (C=O) groups is 1. The molecule has 0 fully saturated rings. The summed E-state index contributed by atoms with van der Waals surface area (Å²) >= 11 is 0. The van der Waals surface area contributed by atoms with Gasteiger partial charge in [-0.2, -0.15) is 0 Å². The molecule has 0 unspecified atom stereocenters. The van der Waals surface area contributed by atoms with Gasteiger partial charge in [0.05, 0.1) is 6.61 Å². The largest absolute Gasteiger partial charge is 0.463 e. The molecule has 0 N–H and O–H groups in total. The van der Waals surface area contributed by atoms with Gasteiger partial charge in [-0.15, -0.1) is 0 Å². The van der Waals surface area contributed by atoms with Gasteiger partial charge in [-0.05, 0) is 13.3 Å². The minimum absolute atomic E-state index is 0.210. The lowest BCUT2D eigenvalue weighted by Gasteiger charge is -2.04. The third kappa shape index (κ3) is 19.3. The summed E-state index contributed by atoms with van der Waals surface area (Å²) in [5.41, 5.74) is 0. The van der Waals surface area contributed by atoms with E-state index in [4.69, 9.17) is 4.74 Å². The van der Waals surface area contributed by atoms with Crippen molar-refractivity contribution < 1.29 is 9.53 Å². The normalized spacial score (nSPS) is 11.2. The summed E-state index contributed by atoms with van der Waals surface area (Å²) in [6.45, 7) is 4.68. The number of esters is 1. The van der Waals surface area contributed by atoms with Gasteiger partial charge in [-0.3, -0.25) is 0 Å². The molecule has 0 amide bonds. The van der Waals surface area contributed by atoms with Gasteiger partial charge in [0, 0.05) is 6.08 Å². The first-order chi connectivity index (χ1) is 11.8. The fraction of sp³-hybridized carbons (Fsp3) is 0.864. The molecule has 0 heterocycles. The van der Waals surface area contributed by atoms with Crippen LogP contribution in [-0.2, 0) is 9.53 Å². The number of hydrogen-bond donors (Lipinski definition) is 0. The maximum absolute atomic E-state index is 11.1. The van der Waals surface area contributed by atoms with Crippen LogP contribution in [0.25, 0.3) is 0 Å². The minimum Gasteiger partial charge on any atom is -0.463 e. The zero-order chi connectivity index (χ0) is 17.7. The van der Waals surface area contributed by atoms with Crippen LogP contribution in [0.4, 0.5) is 0 Å². The first-order valence-electron chi connectivity index (χ1n) is 10.6. The molecule has 0 aliphatic heterocycles. The van der Waals surface area contributed by atoms with E-state index >= 15 is 0 Å². The third-order valence-electron chi connectivity index (χ3n) is 4.54. The Hall–Kier alpha value is -0.790. The van der Waals surface area contributed by atoms with Gasteiger partial charge < -0.3 is 4.74 Å². The van der Waals surface area contributed by atoms with E-state index in [1.165, 1.54) is 102 Å².